The zero-order valence-electron chi connectivity index (χ0n) is 13.2. The Kier molecular flexibility index (Phi) is 2.83. The normalized spacial score (nSPS) is 40.5. The number of aryl methyl sites for hydroxylation is 1. The van der Waals surface area contributed by atoms with Gasteiger partial charge in [-0.1, -0.05) is 13.0 Å². The first-order chi connectivity index (χ1) is 9.98. The maximum absolute atomic E-state index is 13.1. The topological polar surface area (TPSA) is 30.0 Å². The molecule has 4 saturated carbocycles. The van der Waals surface area contributed by atoms with Gasteiger partial charge < -0.3 is 0 Å². The summed E-state index contributed by atoms with van der Waals surface area (Å²) in [6, 6.07) is 4.02. The van der Waals surface area contributed by atoms with Crippen LogP contribution in [0.3, 0.4) is 0 Å². The van der Waals surface area contributed by atoms with Crippen molar-refractivity contribution in [2.24, 2.45) is 22.7 Å². The predicted octanol–water partition coefficient (Wildman–Crippen LogP) is 4.11. The molecule has 0 N–H and O–H groups in total. The van der Waals surface area contributed by atoms with Gasteiger partial charge in [-0.25, -0.2) is 0 Å². The Morgan fingerprint density at radius 3 is 2.62 bits per heavy atom. The highest BCUT2D eigenvalue weighted by Crippen LogP contribution is 2.65. The summed E-state index contributed by atoms with van der Waals surface area (Å²) in [5.74, 6) is 2.10. The number of ketones is 1. The molecule has 4 aliphatic carbocycles. The third kappa shape index (κ3) is 2.15. The predicted molar refractivity (Wildman–Crippen MR) is 82.9 cm³/mol. The van der Waals surface area contributed by atoms with E-state index in [4.69, 9.17) is 0 Å². The Hall–Kier alpha value is -1.18. The number of pyridine rings is 1. The molecule has 2 atom stereocenters. The minimum atomic E-state index is -0.0111. The van der Waals surface area contributed by atoms with Crippen molar-refractivity contribution >= 4 is 5.78 Å². The van der Waals surface area contributed by atoms with Gasteiger partial charge in [0.1, 0.15) is 5.78 Å². The number of carbonyl (C=O) groups excluding carboxylic acids is 1. The molecule has 0 spiro atoms. The molecule has 21 heavy (non-hydrogen) atoms. The number of rotatable bonds is 3. The zero-order chi connectivity index (χ0) is 14.7. The standard InChI is InChI=1S/C19H25NO/c1-13-4-3-5-20-16(13)7-17(21)19-10-14-6-15(11-19)9-18(2,8-14)12-19/h3-5,14-15H,6-12H2,1-2H3. The van der Waals surface area contributed by atoms with E-state index in [1.165, 1.54) is 19.3 Å². The molecule has 2 nitrogen and oxygen atoms in total. The molecule has 4 aliphatic rings. The van der Waals surface area contributed by atoms with Gasteiger partial charge in [0, 0.05) is 18.0 Å². The molecule has 0 amide bonds. The van der Waals surface area contributed by atoms with Gasteiger partial charge in [-0.05, 0) is 74.3 Å². The molecule has 0 saturated heterocycles. The molecule has 4 fully saturated rings. The molecule has 0 aliphatic heterocycles. The Bertz CT molecular complexity index is 577. The van der Waals surface area contributed by atoms with Crippen LogP contribution >= 0.6 is 0 Å². The smallest absolute Gasteiger partial charge is 0.145 e. The van der Waals surface area contributed by atoms with Crippen molar-refractivity contribution in [1.82, 2.24) is 4.98 Å². The maximum atomic E-state index is 13.1. The van der Waals surface area contributed by atoms with E-state index in [0.29, 0.717) is 17.6 Å². The van der Waals surface area contributed by atoms with Gasteiger partial charge in [0.15, 0.2) is 0 Å². The van der Waals surface area contributed by atoms with Gasteiger partial charge in [-0.3, -0.25) is 9.78 Å². The second-order valence-corrected chi connectivity index (χ2v) is 8.42. The van der Waals surface area contributed by atoms with Crippen LogP contribution in [0.2, 0.25) is 0 Å². The van der Waals surface area contributed by atoms with Crippen molar-refractivity contribution in [2.45, 2.75) is 58.8 Å². The summed E-state index contributed by atoms with van der Waals surface area (Å²) in [7, 11) is 0. The SMILES string of the molecule is Cc1cccnc1CC(=O)C12CC3CC(CC(C)(C3)C1)C2. The lowest BCUT2D eigenvalue weighted by Crippen LogP contribution is -2.54. The summed E-state index contributed by atoms with van der Waals surface area (Å²) in [4.78, 5) is 17.6. The molecule has 0 aromatic carbocycles. The monoisotopic (exact) mass is 283 g/mol. The van der Waals surface area contributed by atoms with E-state index in [1.54, 1.807) is 0 Å². The van der Waals surface area contributed by atoms with E-state index < -0.39 is 0 Å². The zero-order valence-corrected chi connectivity index (χ0v) is 13.2. The largest absolute Gasteiger partial charge is 0.299 e. The van der Waals surface area contributed by atoms with Crippen LogP contribution in [0.4, 0.5) is 0 Å². The van der Waals surface area contributed by atoms with Crippen molar-refractivity contribution in [3.63, 3.8) is 0 Å². The van der Waals surface area contributed by atoms with Crippen molar-refractivity contribution < 1.29 is 4.79 Å². The van der Waals surface area contributed by atoms with Crippen LogP contribution in [0, 0.1) is 29.6 Å². The fourth-order valence-electron chi connectivity index (χ4n) is 6.09. The first-order valence-electron chi connectivity index (χ1n) is 8.42. The number of carbonyl (C=O) groups is 1. The lowest BCUT2D eigenvalue weighted by atomic mass is 9.43. The second-order valence-electron chi connectivity index (χ2n) is 8.42. The number of hydrogen-bond donors (Lipinski definition) is 0. The van der Waals surface area contributed by atoms with Crippen LogP contribution < -0.4 is 0 Å². The molecule has 112 valence electrons. The van der Waals surface area contributed by atoms with E-state index in [9.17, 15) is 4.79 Å². The lowest BCUT2D eigenvalue weighted by Gasteiger charge is -2.60. The number of hydrogen-bond acceptors (Lipinski definition) is 2. The third-order valence-electron chi connectivity index (χ3n) is 6.39. The van der Waals surface area contributed by atoms with Crippen molar-refractivity contribution in [3.8, 4) is 0 Å². The first kappa shape index (κ1) is 13.5. The van der Waals surface area contributed by atoms with Gasteiger partial charge in [0.05, 0.1) is 5.69 Å². The van der Waals surface area contributed by atoms with Crippen LogP contribution in [0.15, 0.2) is 18.3 Å². The van der Waals surface area contributed by atoms with E-state index >= 15 is 0 Å². The first-order valence-corrected chi connectivity index (χ1v) is 8.42. The van der Waals surface area contributed by atoms with Crippen molar-refractivity contribution in [1.29, 1.82) is 0 Å². The summed E-state index contributed by atoms with van der Waals surface area (Å²) < 4.78 is 0. The van der Waals surface area contributed by atoms with Crippen molar-refractivity contribution in [3.05, 3.63) is 29.6 Å². The molecular weight excluding hydrogens is 258 g/mol. The Balaban J connectivity index is 1.61. The molecule has 1 heterocycles. The molecule has 4 bridgehead atoms. The lowest BCUT2D eigenvalue weighted by molar-refractivity contribution is -0.152. The Labute approximate surface area is 127 Å². The number of nitrogens with zero attached hydrogens (tertiary/aromatic N) is 1. The van der Waals surface area contributed by atoms with Crippen molar-refractivity contribution in [2.75, 3.05) is 0 Å². The Morgan fingerprint density at radius 2 is 2.00 bits per heavy atom. The van der Waals surface area contributed by atoms with Crippen LogP contribution in [0.25, 0.3) is 0 Å². The van der Waals surface area contributed by atoms with E-state index in [2.05, 4.69) is 24.9 Å². The van der Waals surface area contributed by atoms with Crippen LogP contribution in [0.5, 0.6) is 0 Å². The highest BCUT2D eigenvalue weighted by atomic mass is 16.1. The quantitative estimate of drug-likeness (QED) is 0.835. The van der Waals surface area contributed by atoms with Crippen LogP contribution in [-0.2, 0) is 11.2 Å². The average Bonchev–Trinajstić information content (AvgIpc) is 2.38. The fourth-order valence-corrected chi connectivity index (χ4v) is 6.09. The molecule has 5 rings (SSSR count). The molecular formula is C19H25NO. The fraction of sp³-hybridized carbons (Fsp3) is 0.684. The summed E-state index contributed by atoms with van der Waals surface area (Å²) >= 11 is 0. The van der Waals surface area contributed by atoms with E-state index in [1.807, 2.05) is 12.3 Å². The van der Waals surface area contributed by atoms with E-state index in [0.717, 1.165) is 42.4 Å². The molecule has 1 aromatic heterocycles. The maximum Gasteiger partial charge on any atom is 0.145 e. The molecule has 0 radical (unpaired) electrons. The van der Waals surface area contributed by atoms with Crippen LogP contribution in [0.1, 0.15) is 56.7 Å². The van der Waals surface area contributed by atoms with Gasteiger partial charge in [-0.15, -0.1) is 0 Å². The highest BCUT2D eigenvalue weighted by molar-refractivity contribution is 5.87. The summed E-state index contributed by atoms with van der Waals surface area (Å²) in [5.41, 5.74) is 2.58. The minimum absolute atomic E-state index is 0.0111. The van der Waals surface area contributed by atoms with Gasteiger partial charge in [0.2, 0.25) is 0 Å². The summed E-state index contributed by atoms with van der Waals surface area (Å²) in [6.07, 6.45) is 9.92. The minimum Gasteiger partial charge on any atom is -0.299 e. The van der Waals surface area contributed by atoms with Gasteiger partial charge in [0.25, 0.3) is 0 Å². The molecule has 1 aromatic rings. The van der Waals surface area contributed by atoms with E-state index in [-0.39, 0.29) is 5.41 Å². The molecule has 2 unspecified atom stereocenters. The van der Waals surface area contributed by atoms with Gasteiger partial charge in [-0.2, -0.15) is 0 Å². The summed E-state index contributed by atoms with van der Waals surface area (Å²) in [6.45, 7) is 4.50. The number of Topliss-reactive ketones (excluding diaryl/α,β-unsaturated/α-hetero) is 1. The number of aromatic nitrogens is 1. The van der Waals surface area contributed by atoms with Gasteiger partial charge >= 0.3 is 0 Å². The Morgan fingerprint density at radius 1 is 1.29 bits per heavy atom. The average molecular weight is 283 g/mol. The molecule has 2 heteroatoms. The van der Waals surface area contributed by atoms with Crippen LogP contribution in [-0.4, -0.2) is 10.8 Å². The second kappa shape index (κ2) is 4.41. The highest BCUT2D eigenvalue weighted by Gasteiger charge is 2.58. The third-order valence-corrected chi connectivity index (χ3v) is 6.39. The summed E-state index contributed by atoms with van der Waals surface area (Å²) in [5, 5.41) is 0.